The lowest BCUT2D eigenvalue weighted by molar-refractivity contribution is 0.661. The SMILES string of the molecule is CCn1cc(CNc2ccccc2)c(-c2ccccc2)n1. The van der Waals surface area contributed by atoms with Gasteiger partial charge in [0.15, 0.2) is 0 Å². The van der Waals surface area contributed by atoms with Gasteiger partial charge in [0.25, 0.3) is 0 Å². The summed E-state index contributed by atoms with van der Waals surface area (Å²) in [5.41, 5.74) is 4.56. The molecule has 1 heterocycles. The lowest BCUT2D eigenvalue weighted by Crippen LogP contribution is -1.99. The second-order valence-electron chi connectivity index (χ2n) is 4.94. The number of hydrogen-bond acceptors (Lipinski definition) is 2. The van der Waals surface area contributed by atoms with Crippen molar-refractivity contribution in [3.8, 4) is 11.3 Å². The molecule has 0 aliphatic rings. The number of benzene rings is 2. The summed E-state index contributed by atoms with van der Waals surface area (Å²) in [6.45, 7) is 3.76. The lowest BCUT2D eigenvalue weighted by Gasteiger charge is -2.06. The van der Waals surface area contributed by atoms with E-state index >= 15 is 0 Å². The topological polar surface area (TPSA) is 29.9 Å². The molecule has 3 nitrogen and oxygen atoms in total. The van der Waals surface area contributed by atoms with E-state index < -0.39 is 0 Å². The second kappa shape index (κ2) is 6.27. The highest BCUT2D eigenvalue weighted by molar-refractivity contribution is 5.63. The Morgan fingerprint density at radius 2 is 1.62 bits per heavy atom. The molecule has 0 bridgehead atoms. The van der Waals surface area contributed by atoms with E-state index in [1.54, 1.807) is 0 Å². The summed E-state index contributed by atoms with van der Waals surface area (Å²) in [4.78, 5) is 0. The number of hydrogen-bond donors (Lipinski definition) is 1. The smallest absolute Gasteiger partial charge is 0.0972 e. The zero-order valence-electron chi connectivity index (χ0n) is 12.2. The Hall–Kier alpha value is -2.55. The molecule has 0 fully saturated rings. The van der Waals surface area contributed by atoms with Gasteiger partial charge in [-0.2, -0.15) is 5.10 Å². The van der Waals surface area contributed by atoms with E-state index in [1.807, 2.05) is 28.9 Å². The van der Waals surface area contributed by atoms with Gasteiger partial charge >= 0.3 is 0 Å². The number of anilines is 1. The first-order chi connectivity index (χ1) is 10.4. The van der Waals surface area contributed by atoms with E-state index in [4.69, 9.17) is 0 Å². The van der Waals surface area contributed by atoms with Crippen LogP contribution in [0.1, 0.15) is 12.5 Å². The third-order valence-corrected chi connectivity index (χ3v) is 3.47. The first-order valence-electron chi connectivity index (χ1n) is 7.27. The predicted molar refractivity (Wildman–Crippen MR) is 87.1 cm³/mol. The Labute approximate surface area is 125 Å². The van der Waals surface area contributed by atoms with Crippen molar-refractivity contribution in [2.24, 2.45) is 0 Å². The maximum atomic E-state index is 4.69. The summed E-state index contributed by atoms with van der Waals surface area (Å²) >= 11 is 0. The van der Waals surface area contributed by atoms with E-state index in [9.17, 15) is 0 Å². The number of nitrogens with one attached hydrogen (secondary N) is 1. The van der Waals surface area contributed by atoms with Crippen LogP contribution in [0.2, 0.25) is 0 Å². The maximum absolute atomic E-state index is 4.69. The normalized spacial score (nSPS) is 10.5. The van der Waals surface area contributed by atoms with Crippen LogP contribution in [0.25, 0.3) is 11.3 Å². The van der Waals surface area contributed by atoms with Gasteiger partial charge in [0.1, 0.15) is 0 Å². The van der Waals surface area contributed by atoms with Gasteiger partial charge in [-0.15, -0.1) is 0 Å². The maximum Gasteiger partial charge on any atom is 0.0972 e. The molecule has 21 heavy (non-hydrogen) atoms. The monoisotopic (exact) mass is 277 g/mol. The number of rotatable bonds is 5. The summed E-state index contributed by atoms with van der Waals surface area (Å²) in [5, 5.41) is 8.14. The highest BCUT2D eigenvalue weighted by atomic mass is 15.3. The van der Waals surface area contributed by atoms with Gasteiger partial charge in [-0.05, 0) is 19.1 Å². The zero-order valence-corrected chi connectivity index (χ0v) is 12.2. The Morgan fingerprint density at radius 1 is 0.952 bits per heavy atom. The van der Waals surface area contributed by atoms with Gasteiger partial charge in [-0.25, -0.2) is 0 Å². The summed E-state index contributed by atoms with van der Waals surface area (Å²) < 4.78 is 1.99. The molecule has 0 spiro atoms. The Balaban J connectivity index is 1.86. The number of nitrogens with zero attached hydrogens (tertiary/aromatic N) is 2. The summed E-state index contributed by atoms with van der Waals surface area (Å²) in [7, 11) is 0. The van der Waals surface area contributed by atoms with E-state index in [1.165, 1.54) is 5.56 Å². The van der Waals surface area contributed by atoms with E-state index in [2.05, 4.69) is 59.9 Å². The minimum absolute atomic E-state index is 0.772. The van der Waals surface area contributed by atoms with E-state index in [-0.39, 0.29) is 0 Å². The molecule has 0 aliphatic heterocycles. The summed E-state index contributed by atoms with van der Waals surface area (Å²) in [6.07, 6.45) is 2.12. The van der Waals surface area contributed by atoms with Gasteiger partial charge in [0.2, 0.25) is 0 Å². The standard InChI is InChI=1S/C18H19N3/c1-2-21-14-16(13-19-17-11-7-4-8-12-17)18(20-21)15-9-5-3-6-10-15/h3-12,14,19H,2,13H2,1H3. The molecule has 3 rings (SSSR count). The molecule has 106 valence electrons. The van der Waals surface area contributed by atoms with Crippen molar-refractivity contribution in [1.29, 1.82) is 0 Å². The van der Waals surface area contributed by atoms with Crippen LogP contribution >= 0.6 is 0 Å². The molecule has 0 radical (unpaired) electrons. The molecule has 0 saturated heterocycles. The number of aryl methyl sites for hydroxylation is 1. The van der Waals surface area contributed by atoms with Crippen LogP contribution in [0.5, 0.6) is 0 Å². The van der Waals surface area contributed by atoms with Crippen molar-refractivity contribution < 1.29 is 0 Å². The van der Waals surface area contributed by atoms with E-state index in [0.29, 0.717) is 0 Å². The van der Waals surface area contributed by atoms with Crippen molar-refractivity contribution in [2.75, 3.05) is 5.32 Å². The Kier molecular flexibility index (Phi) is 4.01. The van der Waals surface area contributed by atoms with Gasteiger partial charge in [-0.1, -0.05) is 48.5 Å². The summed E-state index contributed by atoms with van der Waals surface area (Å²) in [5.74, 6) is 0. The van der Waals surface area contributed by atoms with Gasteiger partial charge < -0.3 is 5.32 Å². The van der Waals surface area contributed by atoms with Crippen LogP contribution in [0.4, 0.5) is 5.69 Å². The Morgan fingerprint density at radius 3 is 2.29 bits per heavy atom. The third-order valence-electron chi connectivity index (χ3n) is 3.47. The first kappa shape index (κ1) is 13.4. The van der Waals surface area contributed by atoms with Crippen molar-refractivity contribution >= 4 is 5.69 Å². The van der Waals surface area contributed by atoms with Crippen LogP contribution in [-0.4, -0.2) is 9.78 Å². The van der Waals surface area contributed by atoms with Crippen molar-refractivity contribution in [3.05, 3.63) is 72.4 Å². The van der Waals surface area contributed by atoms with Crippen molar-refractivity contribution in [3.63, 3.8) is 0 Å². The minimum Gasteiger partial charge on any atom is -0.381 e. The number of para-hydroxylation sites is 1. The molecule has 1 N–H and O–H groups in total. The van der Waals surface area contributed by atoms with Gasteiger partial charge in [0.05, 0.1) is 5.69 Å². The molecule has 0 aliphatic carbocycles. The molecule has 3 aromatic rings. The lowest BCUT2D eigenvalue weighted by atomic mass is 10.1. The molecule has 3 heteroatoms. The van der Waals surface area contributed by atoms with Crippen LogP contribution in [0.15, 0.2) is 66.9 Å². The Bertz CT molecular complexity index is 687. The molecule has 2 aromatic carbocycles. The quantitative estimate of drug-likeness (QED) is 0.758. The second-order valence-corrected chi connectivity index (χ2v) is 4.94. The molecule has 0 saturated carbocycles. The molecule has 1 aromatic heterocycles. The van der Waals surface area contributed by atoms with Crippen LogP contribution < -0.4 is 5.32 Å². The minimum atomic E-state index is 0.772. The fourth-order valence-corrected chi connectivity index (χ4v) is 2.35. The van der Waals surface area contributed by atoms with Crippen LogP contribution in [0, 0.1) is 0 Å². The fourth-order valence-electron chi connectivity index (χ4n) is 2.35. The summed E-state index contributed by atoms with van der Waals surface area (Å²) in [6, 6.07) is 20.6. The molecule has 0 unspecified atom stereocenters. The van der Waals surface area contributed by atoms with Gasteiger partial charge in [-0.3, -0.25) is 4.68 Å². The average Bonchev–Trinajstić information content (AvgIpc) is 2.98. The molecule has 0 atom stereocenters. The zero-order chi connectivity index (χ0) is 14.5. The van der Waals surface area contributed by atoms with Crippen LogP contribution in [0.3, 0.4) is 0 Å². The predicted octanol–water partition coefficient (Wildman–Crippen LogP) is 4.18. The fraction of sp³-hybridized carbons (Fsp3) is 0.167. The third kappa shape index (κ3) is 3.14. The number of aromatic nitrogens is 2. The molecular weight excluding hydrogens is 258 g/mol. The van der Waals surface area contributed by atoms with Crippen molar-refractivity contribution in [1.82, 2.24) is 9.78 Å². The molecular formula is C18H19N3. The van der Waals surface area contributed by atoms with Crippen LogP contribution in [-0.2, 0) is 13.1 Å². The average molecular weight is 277 g/mol. The molecule has 0 amide bonds. The largest absolute Gasteiger partial charge is 0.381 e. The van der Waals surface area contributed by atoms with Gasteiger partial charge in [0, 0.05) is 36.1 Å². The van der Waals surface area contributed by atoms with E-state index in [0.717, 1.165) is 30.0 Å². The first-order valence-corrected chi connectivity index (χ1v) is 7.27. The van der Waals surface area contributed by atoms with Crippen molar-refractivity contribution in [2.45, 2.75) is 20.0 Å². The highest BCUT2D eigenvalue weighted by Gasteiger charge is 2.10. The highest BCUT2D eigenvalue weighted by Crippen LogP contribution is 2.22.